The third kappa shape index (κ3) is 18.2. The second kappa shape index (κ2) is 32.6. The van der Waals surface area contributed by atoms with E-state index in [2.05, 4.69) is 65.0 Å². The Hall–Kier alpha value is -6.94. The smallest absolute Gasteiger partial charge is 0.744 e. The molecule has 24 nitrogen and oxygen atoms in total. The molecule has 0 atom stereocenters. The molecule has 1 aliphatic heterocycles. The van der Waals surface area contributed by atoms with E-state index in [0.29, 0.717) is 95.1 Å². The summed E-state index contributed by atoms with van der Waals surface area (Å²) in [6.45, 7) is 10.2. The molecule has 0 saturated carbocycles. The average Bonchev–Trinajstić information content (AvgIpc) is 0.750. The number of carbonyl (C=O) groups is 4. The summed E-state index contributed by atoms with van der Waals surface area (Å²) in [6, 6.07) is 41.5. The van der Waals surface area contributed by atoms with E-state index in [1.54, 1.807) is 133 Å². The van der Waals surface area contributed by atoms with E-state index in [-0.39, 0.29) is 158 Å². The normalized spacial score (nSPS) is 11.3. The zero-order valence-corrected chi connectivity index (χ0v) is 63.9. The van der Waals surface area contributed by atoms with Crippen molar-refractivity contribution in [3.05, 3.63) is 209 Å². The molecule has 10 rings (SSSR count). The fraction of sp³-hybridized carbons (Fsp3) is 0.0923. The minimum absolute atomic E-state index is 0. The van der Waals surface area contributed by atoms with Gasteiger partial charge in [-0.1, -0.05) is 41.7 Å². The second-order valence-corrected chi connectivity index (χ2v) is 25.1. The molecule has 2 aliphatic rings. The van der Waals surface area contributed by atoms with Crippen LogP contribution in [0.5, 0.6) is 0 Å². The van der Waals surface area contributed by atoms with Crippen molar-refractivity contribution < 1.29 is 186 Å². The maximum Gasteiger partial charge on any atom is 1.00 e. The van der Waals surface area contributed by atoms with Gasteiger partial charge >= 0.3 is 142 Å². The van der Waals surface area contributed by atoms with Crippen LogP contribution in [0.4, 0.5) is 81.7 Å². The topological polar surface area (TPSA) is 372 Å². The molecule has 0 aromatic heterocycles. The Labute approximate surface area is 641 Å². The number of rotatable bonds is 15. The Morgan fingerprint density at radius 3 is 1.33 bits per heavy atom. The van der Waals surface area contributed by atoms with Gasteiger partial charge in [0.1, 0.15) is 36.5 Å². The molecule has 0 saturated heterocycles. The fourth-order valence-electron chi connectivity index (χ4n) is 10.6. The van der Waals surface area contributed by atoms with Crippen LogP contribution in [0, 0.1) is 53.7 Å². The molecule has 0 bridgehead atoms. The third-order valence-electron chi connectivity index (χ3n) is 14.8. The predicted octanol–water partition coefficient (Wildman–Crippen LogP) is -0.641. The number of amides is 8. The second-order valence-electron chi connectivity index (χ2n) is 21.0. The van der Waals surface area contributed by atoms with Crippen LogP contribution in [0.2, 0.25) is 0 Å². The van der Waals surface area contributed by atoms with Crippen molar-refractivity contribution in [1.82, 2.24) is 0 Å². The quantitative estimate of drug-likeness (QED) is 0.0263. The van der Waals surface area contributed by atoms with E-state index < -0.39 is 69.2 Å². The van der Waals surface area contributed by atoms with Crippen LogP contribution in [0.25, 0.3) is 33.4 Å². The van der Waals surface area contributed by atoms with E-state index in [0.717, 1.165) is 24.3 Å². The number of benzene rings is 9. The maximum atomic E-state index is 13.8. The van der Waals surface area contributed by atoms with Crippen molar-refractivity contribution in [1.29, 1.82) is 0 Å². The van der Waals surface area contributed by atoms with Gasteiger partial charge in [0.25, 0.3) is 10.1 Å². The number of hydrogen-bond acceptors (Lipinski definition) is 14. The summed E-state index contributed by atoms with van der Waals surface area (Å²) in [5.74, 6) is 0.173. The molecule has 11 N–H and O–H groups in total. The van der Waals surface area contributed by atoms with Crippen molar-refractivity contribution in [3.8, 4) is 22.5 Å². The van der Waals surface area contributed by atoms with Gasteiger partial charge in [-0.3, -0.25) is 4.55 Å². The van der Waals surface area contributed by atoms with Gasteiger partial charge in [0.05, 0.1) is 38.6 Å². The van der Waals surface area contributed by atoms with Crippen LogP contribution in [0.3, 0.4) is 0 Å². The van der Waals surface area contributed by atoms with Gasteiger partial charge in [-0.25, -0.2) is 41.0 Å². The molecular weight excluding hydrogens is 1330 g/mol. The number of fused-ring (bicyclic) bond motifs is 2. The molecular formula is C65H55N10Na4O14S3+. The summed E-state index contributed by atoms with van der Waals surface area (Å²) in [6.07, 6.45) is 0. The monoisotopic (exact) mass is 1390 g/mol. The standard InChI is InChI=1S/C65H56N10O14S3.4Na/c1-35-56(36(2)59(73-63(77)69-42-19-11-8-12-20-42)39(5)58(35)72-62(76)68-41-17-9-7-10-18-41)66-45-27-29-49-52(33-45)89-53-34-46(28-30-50(53)55(49)51-25-13-14-26-54(51)92(86,87)88)67-57-37(3)60(74-64(78)70-43-21-15-23-47(31-43)90(80,81)82)40(6)61(38(57)4)75-65(79)71-44-22-16-24-48(32-44)91(83,84)85;;;;/h7-9,11,13-34,66H,1-6H3,(H2,68,72,76)(H2,69,73,77)(H2,70,74,78)(H2,71,75,79)(H,80,81,82)(H,83,84,85)(H,86,87,88);;;;/q-2;4*+1/p-1. The van der Waals surface area contributed by atoms with Crippen molar-refractivity contribution >= 4 is 128 Å². The number of urea groups is 4. The van der Waals surface area contributed by atoms with Crippen LogP contribution in [0.1, 0.15) is 33.4 Å². The first-order valence-corrected chi connectivity index (χ1v) is 31.9. The predicted molar refractivity (Wildman–Crippen MR) is 346 cm³/mol. The van der Waals surface area contributed by atoms with Crippen LogP contribution >= 0.6 is 0 Å². The summed E-state index contributed by atoms with van der Waals surface area (Å²) in [5.41, 5.74) is 6.82. The Kier molecular flexibility index (Phi) is 26.5. The fourth-order valence-corrected chi connectivity index (χ4v) is 12.3. The van der Waals surface area contributed by atoms with Crippen molar-refractivity contribution in [2.45, 2.75) is 56.2 Å². The van der Waals surface area contributed by atoms with Gasteiger partial charge in [-0.05, 0) is 124 Å². The molecule has 1 aliphatic carbocycles. The van der Waals surface area contributed by atoms with Gasteiger partial charge in [0.15, 0.2) is 0 Å². The minimum atomic E-state index is -4.91. The van der Waals surface area contributed by atoms with Gasteiger partial charge in [-0.2, -0.15) is 56.9 Å². The summed E-state index contributed by atoms with van der Waals surface area (Å²) < 4.78 is 115. The summed E-state index contributed by atoms with van der Waals surface area (Å²) >= 11 is 0. The van der Waals surface area contributed by atoms with E-state index in [1.807, 2.05) is 0 Å². The molecule has 8 amide bonds. The molecule has 0 unspecified atom stereocenters. The Bertz CT molecular complexity index is 4870. The first-order chi connectivity index (χ1) is 43.6. The largest absolute Gasteiger partial charge is 1.00 e. The van der Waals surface area contributed by atoms with Gasteiger partial charge < -0.3 is 61.4 Å². The summed E-state index contributed by atoms with van der Waals surface area (Å²) in [5, 5.41) is 26.3. The third-order valence-corrected chi connectivity index (χ3v) is 17.4. The Morgan fingerprint density at radius 2 is 0.885 bits per heavy atom. The number of nitrogens with one attached hydrogen (secondary N) is 10. The number of anilines is 10. The van der Waals surface area contributed by atoms with Gasteiger partial charge in [0, 0.05) is 68.1 Å². The van der Waals surface area contributed by atoms with E-state index >= 15 is 0 Å². The van der Waals surface area contributed by atoms with E-state index in [9.17, 15) is 58.1 Å². The first-order valence-electron chi connectivity index (χ1n) is 27.7. The van der Waals surface area contributed by atoms with Gasteiger partial charge in [-0.15, -0.1) is 12.1 Å². The van der Waals surface area contributed by atoms with E-state index in [1.165, 1.54) is 42.5 Å². The SMILES string of the molecule is Cc1c(NC(=O)Nc2c[c-]ccc2)c(C)c(Nc2ccc3c(-c4ccccc4S(=O)(=O)O)c4ccc(=[NH+]c5c(C)c(NC(=O)Nc6cccc(S(=O)(=O)[O-])c6)c(C)c(NC(=O)Nc6cccc(S(=O)(=O)[O-])c6)c5C)cc-4oc3c2)c(C)c1NC(=O)Nc1c[c-]ccc1.[Na+].[Na+].[Na+].[Na+]. The molecule has 0 spiro atoms. The van der Waals surface area contributed by atoms with Crippen molar-refractivity contribution in [2.24, 2.45) is 0 Å². The maximum absolute atomic E-state index is 13.8. The van der Waals surface area contributed by atoms with Crippen molar-refractivity contribution in [2.75, 3.05) is 47.9 Å². The molecule has 8 aromatic carbocycles. The average molecular weight is 1390 g/mol. The van der Waals surface area contributed by atoms with Gasteiger partial charge in [0.2, 0.25) is 11.0 Å². The van der Waals surface area contributed by atoms with Crippen LogP contribution < -0.4 is 176 Å². The zero-order valence-electron chi connectivity index (χ0n) is 53.5. The molecule has 31 heteroatoms. The first kappa shape index (κ1) is 78.1. The molecule has 470 valence electrons. The summed E-state index contributed by atoms with van der Waals surface area (Å²) in [4.78, 5) is 56.7. The number of hydrogen-bond donors (Lipinski definition) is 11. The molecule has 0 fully saturated rings. The molecule has 0 radical (unpaired) electrons. The minimum Gasteiger partial charge on any atom is -0.744 e. The molecule has 1 heterocycles. The van der Waals surface area contributed by atoms with Crippen LogP contribution in [-0.2, 0) is 30.4 Å². The van der Waals surface area contributed by atoms with Crippen LogP contribution in [0.15, 0.2) is 177 Å². The summed E-state index contributed by atoms with van der Waals surface area (Å²) in [7, 11) is -14.7. The van der Waals surface area contributed by atoms with Crippen LogP contribution in [-0.4, -0.2) is 63.0 Å². The molecule has 8 aromatic rings. The van der Waals surface area contributed by atoms with E-state index in [4.69, 9.17) is 4.42 Å². The zero-order chi connectivity index (χ0) is 66.0. The number of carbonyl (C=O) groups excluding carboxylic acids is 4. The van der Waals surface area contributed by atoms with Crippen molar-refractivity contribution in [3.63, 3.8) is 0 Å². The molecule has 96 heavy (non-hydrogen) atoms. The Balaban J connectivity index is 0.00000364. The Morgan fingerprint density at radius 1 is 0.448 bits per heavy atom.